The summed E-state index contributed by atoms with van der Waals surface area (Å²) in [4.78, 5) is 5.25. The lowest BCUT2D eigenvalue weighted by atomic mass is 10.0. The van der Waals surface area contributed by atoms with Crippen molar-refractivity contribution in [3.05, 3.63) is 78.1 Å². The second kappa shape index (κ2) is 11.9. The van der Waals surface area contributed by atoms with E-state index in [2.05, 4.69) is 61.2 Å². The van der Waals surface area contributed by atoms with Crippen molar-refractivity contribution < 1.29 is 4.74 Å². The summed E-state index contributed by atoms with van der Waals surface area (Å²) in [6.45, 7) is 2.81. The van der Waals surface area contributed by atoms with Crippen LogP contribution in [0, 0.1) is 19.8 Å². The van der Waals surface area contributed by atoms with Gasteiger partial charge in [-0.05, 0) is 84.7 Å². The number of terminal acetylenes is 1. The molecule has 2 N–H and O–H groups in total. The minimum atomic E-state index is 0.734. The SMILES string of the molecule is C#C.Cc1ccc(-c2ccc(OCCCCc3cccnc3)cc2)cc1SN. The summed E-state index contributed by atoms with van der Waals surface area (Å²) in [6.07, 6.45) is 14.9. The van der Waals surface area contributed by atoms with E-state index in [1.807, 2.05) is 30.6 Å². The lowest BCUT2D eigenvalue weighted by molar-refractivity contribution is 0.307. The van der Waals surface area contributed by atoms with Crippen molar-refractivity contribution in [1.82, 2.24) is 4.98 Å². The molecule has 3 nitrogen and oxygen atoms in total. The van der Waals surface area contributed by atoms with Crippen LogP contribution in [0.1, 0.15) is 24.0 Å². The molecule has 4 heteroatoms. The van der Waals surface area contributed by atoms with Gasteiger partial charge in [0, 0.05) is 17.3 Å². The Kier molecular flexibility index (Phi) is 9.14. The van der Waals surface area contributed by atoms with Crippen molar-refractivity contribution in [1.29, 1.82) is 0 Å². The molecule has 0 aliphatic heterocycles. The van der Waals surface area contributed by atoms with Crippen LogP contribution >= 0.6 is 11.9 Å². The molecule has 3 aromatic rings. The summed E-state index contributed by atoms with van der Waals surface area (Å²) in [6, 6.07) is 18.7. The lowest BCUT2D eigenvalue weighted by Gasteiger charge is -2.09. The third-order valence-corrected chi connectivity index (χ3v) is 5.05. The highest BCUT2D eigenvalue weighted by atomic mass is 32.2. The van der Waals surface area contributed by atoms with Crippen molar-refractivity contribution in [2.75, 3.05) is 6.61 Å². The molecule has 3 rings (SSSR count). The van der Waals surface area contributed by atoms with E-state index in [0.29, 0.717) is 0 Å². The van der Waals surface area contributed by atoms with Crippen LogP contribution in [0.2, 0.25) is 0 Å². The summed E-state index contributed by atoms with van der Waals surface area (Å²) < 4.78 is 5.86. The largest absolute Gasteiger partial charge is 0.494 e. The number of aromatic nitrogens is 1. The fourth-order valence-corrected chi connectivity index (χ4v) is 3.27. The molecule has 0 saturated carbocycles. The maximum atomic E-state index is 5.86. The predicted molar refractivity (Wildman–Crippen MR) is 119 cm³/mol. The first-order valence-electron chi connectivity index (χ1n) is 9.19. The Labute approximate surface area is 172 Å². The maximum Gasteiger partial charge on any atom is 0.119 e. The Bertz CT molecular complexity index is 861. The minimum Gasteiger partial charge on any atom is -0.494 e. The van der Waals surface area contributed by atoms with Crippen LogP contribution in [0.3, 0.4) is 0 Å². The van der Waals surface area contributed by atoms with Gasteiger partial charge in [0.25, 0.3) is 0 Å². The summed E-state index contributed by atoms with van der Waals surface area (Å²) in [7, 11) is 0. The molecule has 28 heavy (non-hydrogen) atoms. The Morgan fingerprint density at radius 2 is 1.75 bits per heavy atom. The summed E-state index contributed by atoms with van der Waals surface area (Å²) >= 11 is 1.29. The van der Waals surface area contributed by atoms with Crippen molar-refractivity contribution >= 4 is 11.9 Å². The molecule has 2 aromatic carbocycles. The summed E-state index contributed by atoms with van der Waals surface area (Å²) in [5.74, 6) is 0.913. The Balaban J connectivity index is 0.00000136. The fraction of sp³-hybridized carbons (Fsp3) is 0.208. The van der Waals surface area contributed by atoms with E-state index in [1.54, 1.807) is 0 Å². The van der Waals surface area contributed by atoms with Crippen LogP contribution in [-0.4, -0.2) is 11.6 Å². The number of hydrogen-bond acceptors (Lipinski definition) is 4. The number of aryl methyl sites for hydroxylation is 2. The van der Waals surface area contributed by atoms with Gasteiger partial charge in [0.2, 0.25) is 0 Å². The first kappa shape index (κ1) is 21.6. The molecule has 0 amide bonds. The molecular formula is C24H26N2OS. The molecule has 0 radical (unpaired) electrons. The molecule has 1 aromatic heterocycles. The van der Waals surface area contributed by atoms with Crippen LogP contribution in [0.5, 0.6) is 5.75 Å². The van der Waals surface area contributed by atoms with E-state index in [0.717, 1.165) is 36.5 Å². The molecule has 0 aliphatic rings. The van der Waals surface area contributed by atoms with Gasteiger partial charge in [-0.15, -0.1) is 12.8 Å². The molecule has 0 atom stereocenters. The van der Waals surface area contributed by atoms with Gasteiger partial charge in [0.05, 0.1) is 6.61 Å². The fourth-order valence-electron chi connectivity index (χ4n) is 2.82. The normalized spacial score (nSPS) is 10.0. The number of rotatable bonds is 8. The average molecular weight is 391 g/mol. The molecule has 0 saturated heterocycles. The number of benzene rings is 2. The second-order valence-corrected chi connectivity index (χ2v) is 6.96. The minimum absolute atomic E-state index is 0.734. The number of pyridine rings is 1. The molecule has 144 valence electrons. The van der Waals surface area contributed by atoms with E-state index in [1.165, 1.54) is 34.2 Å². The standard InChI is InChI=1S/C22H24N2OS.C2H2/c1-17-7-8-20(15-22(17)26-23)19-9-11-21(12-10-19)25-14-3-2-5-18-6-4-13-24-16-18;1-2/h4,6-13,15-16H,2-3,5,14,23H2,1H3;1-2H. The third-order valence-electron chi connectivity index (χ3n) is 4.35. The molecule has 0 aliphatic carbocycles. The van der Waals surface area contributed by atoms with Gasteiger partial charge in [-0.25, -0.2) is 0 Å². The Morgan fingerprint density at radius 1 is 1.00 bits per heavy atom. The number of hydrogen-bond donors (Lipinski definition) is 1. The molecule has 0 unspecified atom stereocenters. The van der Waals surface area contributed by atoms with Gasteiger partial charge in [0.1, 0.15) is 5.75 Å². The van der Waals surface area contributed by atoms with Gasteiger partial charge >= 0.3 is 0 Å². The van der Waals surface area contributed by atoms with Crippen LogP contribution in [-0.2, 0) is 6.42 Å². The van der Waals surface area contributed by atoms with Crippen LogP contribution in [0.25, 0.3) is 11.1 Å². The lowest BCUT2D eigenvalue weighted by Crippen LogP contribution is -1.98. The van der Waals surface area contributed by atoms with Crippen molar-refractivity contribution in [2.24, 2.45) is 5.14 Å². The number of nitrogens with zero attached hydrogens (tertiary/aromatic N) is 1. The van der Waals surface area contributed by atoms with Crippen molar-refractivity contribution in [2.45, 2.75) is 31.1 Å². The number of nitrogens with two attached hydrogens (primary N) is 1. The summed E-state index contributed by atoms with van der Waals surface area (Å²) in [5, 5.41) is 5.73. The topological polar surface area (TPSA) is 48.1 Å². The molecular weight excluding hydrogens is 364 g/mol. The van der Waals surface area contributed by atoms with Crippen molar-refractivity contribution in [3.8, 4) is 29.7 Å². The van der Waals surface area contributed by atoms with Gasteiger partial charge in [0.15, 0.2) is 0 Å². The van der Waals surface area contributed by atoms with E-state index >= 15 is 0 Å². The highest BCUT2D eigenvalue weighted by molar-refractivity contribution is 7.97. The molecule has 0 bridgehead atoms. The zero-order valence-corrected chi connectivity index (χ0v) is 17.0. The zero-order chi connectivity index (χ0) is 20.2. The smallest absolute Gasteiger partial charge is 0.119 e. The van der Waals surface area contributed by atoms with E-state index in [-0.39, 0.29) is 0 Å². The van der Waals surface area contributed by atoms with Crippen molar-refractivity contribution in [3.63, 3.8) is 0 Å². The zero-order valence-electron chi connectivity index (χ0n) is 16.2. The third kappa shape index (κ3) is 6.45. The molecule has 0 fully saturated rings. The average Bonchev–Trinajstić information content (AvgIpc) is 2.76. The van der Waals surface area contributed by atoms with Gasteiger partial charge in [-0.3, -0.25) is 10.1 Å². The second-order valence-electron chi connectivity index (χ2n) is 6.29. The Hall–Kier alpha value is -2.74. The van der Waals surface area contributed by atoms with Crippen LogP contribution in [0.15, 0.2) is 71.9 Å². The number of unbranched alkanes of at least 4 members (excludes halogenated alkanes) is 1. The highest BCUT2D eigenvalue weighted by Crippen LogP contribution is 2.27. The quantitative estimate of drug-likeness (QED) is 0.306. The first-order valence-corrected chi connectivity index (χ1v) is 10.1. The highest BCUT2D eigenvalue weighted by Gasteiger charge is 2.03. The van der Waals surface area contributed by atoms with Gasteiger partial charge < -0.3 is 4.74 Å². The Morgan fingerprint density at radius 3 is 2.43 bits per heavy atom. The van der Waals surface area contributed by atoms with E-state index in [9.17, 15) is 0 Å². The van der Waals surface area contributed by atoms with E-state index in [4.69, 9.17) is 9.88 Å². The van der Waals surface area contributed by atoms with E-state index < -0.39 is 0 Å². The van der Waals surface area contributed by atoms with Gasteiger partial charge in [-0.1, -0.05) is 30.3 Å². The first-order chi connectivity index (χ1) is 13.8. The van der Waals surface area contributed by atoms with Gasteiger partial charge in [-0.2, -0.15) is 0 Å². The molecule has 0 spiro atoms. The van der Waals surface area contributed by atoms with Crippen LogP contribution < -0.4 is 9.88 Å². The maximum absolute atomic E-state index is 5.86. The monoisotopic (exact) mass is 390 g/mol. The van der Waals surface area contributed by atoms with Crippen LogP contribution in [0.4, 0.5) is 0 Å². The summed E-state index contributed by atoms with van der Waals surface area (Å²) in [5.41, 5.74) is 4.83. The predicted octanol–water partition coefficient (Wildman–Crippen LogP) is 5.67. The molecule has 1 heterocycles. The number of ether oxygens (including phenoxy) is 1.